The maximum absolute atomic E-state index is 13.2. The number of halogens is 1. The van der Waals surface area contributed by atoms with Gasteiger partial charge in [-0.05, 0) is 42.0 Å². The third-order valence-corrected chi connectivity index (χ3v) is 7.42. The van der Waals surface area contributed by atoms with Gasteiger partial charge in [-0.2, -0.15) is 0 Å². The summed E-state index contributed by atoms with van der Waals surface area (Å²) in [5.41, 5.74) is 0.985. The topological polar surface area (TPSA) is 75.7 Å². The first kappa shape index (κ1) is 19.1. The van der Waals surface area contributed by atoms with Crippen LogP contribution in [0.2, 0.25) is 0 Å². The number of carbonyl (C=O) groups is 1. The van der Waals surface area contributed by atoms with Crippen molar-refractivity contribution in [3.05, 3.63) is 63.1 Å². The lowest BCUT2D eigenvalue weighted by Gasteiger charge is -2.29. The first-order chi connectivity index (χ1) is 13.5. The molecule has 0 unspecified atom stereocenters. The van der Waals surface area contributed by atoms with Crippen LogP contribution in [0, 0.1) is 5.82 Å². The molecule has 1 aromatic heterocycles. The van der Waals surface area contributed by atoms with Crippen LogP contribution in [0.25, 0.3) is 0 Å². The number of ether oxygens (including phenoxy) is 1. The van der Waals surface area contributed by atoms with E-state index in [0.29, 0.717) is 29.3 Å². The quantitative estimate of drug-likeness (QED) is 0.750. The number of nitrogens with zero attached hydrogens (tertiary/aromatic N) is 1. The van der Waals surface area contributed by atoms with Gasteiger partial charge in [0.15, 0.2) is 4.91 Å². The lowest BCUT2D eigenvalue weighted by molar-refractivity contribution is 0.104. The molecule has 1 aromatic carbocycles. The summed E-state index contributed by atoms with van der Waals surface area (Å²) in [4.78, 5) is 12.9. The van der Waals surface area contributed by atoms with Crippen LogP contribution in [0.1, 0.15) is 28.1 Å². The molecular formula is C19H19FN2O4S2. The van der Waals surface area contributed by atoms with Crippen LogP contribution in [0.3, 0.4) is 0 Å². The largest absolute Gasteiger partial charge is 0.387 e. The highest BCUT2D eigenvalue weighted by molar-refractivity contribution is 7.97. The molecule has 2 aromatic rings. The zero-order valence-electron chi connectivity index (χ0n) is 14.9. The molecule has 3 heterocycles. The van der Waals surface area contributed by atoms with Gasteiger partial charge in [-0.1, -0.05) is 12.1 Å². The molecule has 0 saturated carbocycles. The monoisotopic (exact) mass is 422 g/mol. The van der Waals surface area contributed by atoms with E-state index in [1.54, 1.807) is 11.4 Å². The van der Waals surface area contributed by atoms with Gasteiger partial charge in [0.2, 0.25) is 5.78 Å². The standard InChI is InChI=1S/C19H19FN2O4S2/c20-14-5-3-13(4-6-14)12-22-16-7-9-27-19(16)18(23)17(28(22,24)25)11-21-10-15-2-1-8-26-15/h3-7,9,11,15,21H,1-2,8,10,12H2/b17-11-/t15-/m1/s1. The average Bonchev–Trinajstić information content (AvgIpc) is 3.35. The van der Waals surface area contributed by atoms with E-state index in [0.717, 1.165) is 12.8 Å². The van der Waals surface area contributed by atoms with Crippen LogP contribution in [0.4, 0.5) is 10.1 Å². The van der Waals surface area contributed by atoms with E-state index in [4.69, 9.17) is 4.74 Å². The van der Waals surface area contributed by atoms with Crippen molar-refractivity contribution < 1.29 is 22.3 Å². The Kier molecular flexibility index (Phi) is 5.22. The second kappa shape index (κ2) is 7.65. The molecule has 1 atom stereocenters. The normalized spacial score (nSPS) is 22.5. The van der Waals surface area contributed by atoms with Gasteiger partial charge >= 0.3 is 0 Å². The lowest BCUT2D eigenvalue weighted by Crippen LogP contribution is -2.39. The molecule has 0 amide bonds. The predicted octanol–water partition coefficient (Wildman–Crippen LogP) is 3.03. The molecule has 1 N–H and O–H groups in total. The average molecular weight is 423 g/mol. The fourth-order valence-electron chi connectivity index (χ4n) is 3.30. The second-order valence-electron chi connectivity index (χ2n) is 6.65. The summed E-state index contributed by atoms with van der Waals surface area (Å²) in [7, 11) is -4.05. The maximum Gasteiger partial charge on any atom is 0.270 e. The van der Waals surface area contributed by atoms with E-state index in [1.165, 1.54) is 46.1 Å². The summed E-state index contributed by atoms with van der Waals surface area (Å²) in [6, 6.07) is 7.26. The first-order valence-electron chi connectivity index (χ1n) is 8.91. The summed E-state index contributed by atoms with van der Waals surface area (Å²) >= 11 is 1.20. The van der Waals surface area contributed by atoms with E-state index >= 15 is 0 Å². The van der Waals surface area contributed by atoms with Crippen molar-refractivity contribution in [2.24, 2.45) is 0 Å². The van der Waals surface area contributed by atoms with E-state index < -0.39 is 21.6 Å². The van der Waals surface area contributed by atoms with Crippen molar-refractivity contribution in [1.82, 2.24) is 5.32 Å². The molecule has 1 fully saturated rings. The molecule has 0 radical (unpaired) electrons. The zero-order valence-corrected chi connectivity index (χ0v) is 16.6. The lowest BCUT2D eigenvalue weighted by atomic mass is 10.2. The molecule has 9 heteroatoms. The summed E-state index contributed by atoms with van der Waals surface area (Å²) in [6.07, 6.45) is 3.18. The molecule has 0 spiro atoms. The first-order valence-corrected chi connectivity index (χ1v) is 11.2. The number of nitrogens with one attached hydrogen (secondary N) is 1. The van der Waals surface area contributed by atoms with Gasteiger partial charge < -0.3 is 10.1 Å². The number of benzene rings is 1. The summed E-state index contributed by atoms with van der Waals surface area (Å²) in [5, 5.41) is 4.63. The maximum atomic E-state index is 13.2. The molecule has 6 nitrogen and oxygen atoms in total. The number of thiophene rings is 1. The van der Waals surface area contributed by atoms with Crippen LogP contribution in [-0.4, -0.2) is 33.5 Å². The number of anilines is 1. The van der Waals surface area contributed by atoms with E-state index in [1.807, 2.05) is 0 Å². The molecule has 2 aliphatic rings. The van der Waals surface area contributed by atoms with Crippen molar-refractivity contribution in [2.45, 2.75) is 25.5 Å². The molecular weight excluding hydrogens is 403 g/mol. The van der Waals surface area contributed by atoms with Gasteiger partial charge in [0.05, 0.1) is 18.3 Å². The Hall–Kier alpha value is -2.23. The Morgan fingerprint density at radius 2 is 2.07 bits per heavy atom. The Bertz CT molecular complexity index is 1010. The van der Waals surface area contributed by atoms with E-state index in [9.17, 15) is 17.6 Å². The summed E-state index contributed by atoms with van der Waals surface area (Å²) < 4.78 is 46.3. The van der Waals surface area contributed by atoms with Crippen LogP contribution in [-0.2, 0) is 21.3 Å². The fourth-order valence-corrected chi connectivity index (χ4v) is 5.81. The van der Waals surface area contributed by atoms with Crippen LogP contribution in [0.5, 0.6) is 0 Å². The summed E-state index contributed by atoms with van der Waals surface area (Å²) in [5.74, 6) is -0.907. The Morgan fingerprint density at radius 3 is 2.79 bits per heavy atom. The number of allylic oxidation sites excluding steroid dienone is 1. The highest BCUT2D eigenvalue weighted by Crippen LogP contribution is 2.39. The molecule has 28 heavy (non-hydrogen) atoms. The van der Waals surface area contributed by atoms with E-state index in [2.05, 4.69) is 5.32 Å². The molecule has 4 rings (SSSR count). The van der Waals surface area contributed by atoms with Gasteiger partial charge in [0.25, 0.3) is 10.0 Å². The molecule has 0 aliphatic carbocycles. The fraction of sp³-hybridized carbons (Fsp3) is 0.316. The number of ketones is 1. The minimum Gasteiger partial charge on any atom is -0.387 e. The number of Topliss-reactive ketones (excluding diaryl/α,β-unsaturated/α-hetero) is 1. The van der Waals surface area contributed by atoms with E-state index in [-0.39, 0.29) is 17.6 Å². The third kappa shape index (κ3) is 3.57. The molecule has 1 saturated heterocycles. The Labute approximate surface area is 166 Å². The number of hydrogen-bond donors (Lipinski definition) is 1. The minimum absolute atomic E-state index is 0.0166. The van der Waals surface area contributed by atoms with Crippen LogP contribution < -0.4 is 9.62 Å². The number of sulfonamides is 1. The number of rotatable bonds is 5. The van der Waals surface area contributed by atoms with Crippen molar-refractivity contribution >= 4 is 32.8 Å². The van der Waals surface area contributed by atoms with Crippen LogP contribution in [0.15, 0.2) is 46.8 Å². The van der Waals surface area contributed by atoms with Gasteiger partial charge in [-0.3, -0.25) is 9.10 Å². The number of hydrogen-bond acceptors (Lipinski definition) is 6. The number of carbonyl (C=O) groups excluding carboxylic acids is 1. The molecule has 148 valence electrons. The van der Waals surface area contributed by atoms with Gasteiger partial charge in [0, 0.05) is 19.4 Å². The highest BCUT2D eigenvalue weighted by atomic mass is 32.2. The van der Waals surface area contributed by atoms with Crippen molar-refractivity contribution in [1.29, 1.82) is 0 Å². The smallest absolute Gasteiger partial charge is 0.270 e. The Balaban J connectivity index is 1.64. The van der Waals surface area contributed by atoms with Gasteiger partial charge in [-0.15, -0.1) is 11.3 Å². The van der Waals surface area contributed by atoms with Crippen molar-refractivity contribution in [3.63, 3.8) is 0 Å². The third-order valence-electron chi connectivity index (χ3n) is 4.75. The van der Waals surface area contributed by atoms with Crippen molar-refractivity contribution in [3.8, 4) is 0 Å². The van der Waals surface area contributed by atoms with Crippen LogP contribution >= 0.6 is 11.3 Å². The predicted molar refractivity (Wildman–Crippen MR) is 105 cm³/mol. The number of fused-ring (bicyclic) bond motifs is 1. The second-order valence-corrected chi connectivity index (χ2v) is 9.40. The van der Waals surface area contributed by atoms with Crippen molar-refractivity contribution in [2.75, 3.05) is 17.5 Å². The highest BCUT2D eigenvalue weighted by Gasteiger charge is 2.41. The molecule has 2 aliphatic heterocycles. The van der Waals surface area contributed by atoms with Gasteiger partial charge in [0.1, 0.15) is 10.7 Å². The zero-order chi connectivity index (χ0) is 19.7. The summed E-state index contributed by atoms with van der Waals surface area (Å²) in [6.45, 7) is 1.16. The molecule has 0 bridgehead atoms. The van der Waals surface area contributed by atoms with Gasteiger partial charge in [-0.25, -0.2) is 12.8 Å². The minimum atomic E-state index is -4.05. The SMILES string of the molecule is O=C1/C(=C/NC[C@H]2CCCO2)S(=O)(=O)N(Cc2ccc(F)cc2)c2ccsc21. The Morgan fingerprint density at radius 1 is 1.29 bits per heavy atom.